The molecule has 0 fully saturated rings. The summed E-state index contributed by atoms with van der Waals surface area (Å²) < 4.78 is 5.51. The Hall–Kier alpha value is -1.57. The quantitative estimate of drug-likeness (QED) is 0.765. The summed E-state index contributed by atoms with van der Waals surface area (Å²) in [5.41, 5.74) is 3.67. The summed E-state index contributed by atoms with van der Waals surface area (Å²) in [4.78, 5) is 12.4. The monoisotopic (exact) mass is 256 g/mol. The highest BCUT2D eigenvalue weighted by Gasteiger charge is 2.41. The highest BCUT2D eigenvalue weighted by Crippen LogP contribution is 2.49. The Kier molecular flexibility index (Phi) is 2.77. The molecule has 0 radical (unpaired) electrons. The number of carbonyl (C=O) groups excluding carboxylic acids is 1. The summed E-state index contributed by atoms with van der Waals surface area (Å²) in [7, 11) is 1.71. The largest absolute Gasteiger partial charge is 0.496 e. The highest BCUT2D eigenvalue weighted by molar-refractivity contribution is 6.03. The van der Waals surface area contributed by atoms with Crippen molar-refractivity contribution in [2.75, 3.05) is 7.11 Å². The second-order valence-corrected chi connectivity index (χ2v) is 6.26. The predicted octanol–water partition coefficient (Wildman–Crippen LogP) is 3.74. The maximum Gasteiger partial charge on any atom is 0.163 e. The van der Waals surface area contributed by atoms with Gasteiger partial charge in [0.2, 0.25) is 0 Å². The van der Waals surface area contributed by atoms with Gasteiger partial charge in [-0.1, -0.05) is 26.0 Å². The topological polar surface area (TPSA) is 26.3 Å². The Balaban J connectivity index is 2.30. The normalized spacial score (nSPS) is 23.7. The van der Waals surface area contributed by atoms with E-state index >= 15 is 0 Å². The molecule has 2 nitrogen and oxygen atoms in total. The van der Waals surface area contributed by atoms with Gasteiger partial charge in [0.25, 0.3) is 0 Å². The molecular weight excluding hydrogens is 236 g/mol. The van der Waals surface area contributed by atoms with Gasteiger partial charge in [-0.25, -0.2) is 0 Å². The zero-order valence-electron chi connectivity index (χ0n) is 11.8. The average molecular weight is 256 g/mol. The van der Waals surface area contributed by atoms with Crippen molar-refractivity contribution < 1.29 is 9.53 Å². The Morgan fingerprint density at radius 3 is 2.79 bits per heavy atom. The Morgan fingerprint density at radius 1 is 1.26 bits per heavy atom. The van der Waals surface area contributed by atoms with Crippen LogP contribution < -0.4 is 4.74 Å². The number of allylic oxidation sites excluding steroid dienone is 1. The van der Waals surface area contributed by atoms with E-state index in [0.717, 1.165) is 25.0 Å². The van der Waals surface area contributed by atoms with Crippen LogP contribution in [0, 0.1) is 5.41 Å². The fraction of sp³-hybridized carbons (Fsp3) is 0.471. The van der Waals surface area contributed by atoms with E-state index in [4.69, 9.17) is 4.74 Å². The van der Waals surface area contributed by atoms with Crippen LogP contribution >= 0.6 is 0 Å². The first-order valence-corrected chi connectivity index (χ1v) is 6.96. The van der Waals surface area contributed by atoms with Crippen LogP contribution in [0.15, 0.2) is 18.2 Å². The molecule has 0 N–H and O–H groups in total. The molecule has 0 bridgehead atoms. The van der Waals surface area contributed by atoms with E-state index in [1.54, 1.807) is 13.2 Å². The van der Waals surface area contributed by atoms with E-state index in [1.807, 2.05) is 12.1 Å². The number of benzene rings is 1. The smallest absolute Gasteiger partial charge is 0.163 e. The van der Waals surface area contributed by atoms with E-state index in [0.29, 0.717) is 0 Å². The van der Waals surface area contributed by atoms with Gasteiger partial charge in [-0.15, -0.1) is 0 Å². The first kappa shape index (κ1) is 12.5. The third-order valence-electron chi connectivity index (χ3n) is 4.60. The average Bonchev–Trinajstić information content (AvgIpc) is 2.51. The van der Waals surface area contributed by atoms with Crippen molar-refractivity contribution in [1.82, 2.24) is 0 Å². The van der Waals surface area contributed by atoms with Crippen molar-refractivity contribution in [3.05, 3.63) is 34.9 Å². The molecule has 0 aliphatic heterocycles. The van der Waals surface area contributed by atoms with Crippen LogP contribution in [0.3, 0.4) is 0 Å². The lowest BCUT2D eigenvalue weighted by Crippen LogP contribution is -2.29. The number of hydrogen-bond acceptors (Lipinski definition) is 2. The standard InChI is InChI=1S/C17H20O2/c1-17(2)10-4-5-12-14(19-3)9-7-11-6-8-13(18)16(17)15(11)12/h6-9,16H,4-5,10H2,1-3H3. The molecule has 0 aromatic heterocycles. The molecule has 1 aromatic carbocycles. The minimum atomic E-state index is -0.0138. The summed E-state index contributed by atoms with van der Waals surface area (Å²) in [6.07, 6.45) is 6.90. The Morgan fingerprint density at radius 2 is 2.05 bits per heavy atom. The molecule has 0 saturated heterocycles. The third kappa shape index (κ3) is 1.81. The van der Waals surface area contributed by atoms with Crippen LogP contribution in [0.2, 0.25) is 0 Å². The number of methoxy groups -OCH3 is 1. The second kappa shape index (κ2) is 4.22. The number of rotatable bonds is 1. The van der Waals surface area contributed by atoms with Gasteiger partial charge in [-0.05, 0) is 53.5 Å². The lowest BCUT2D eigenvalue weighted by atomic mass is 9.68. The molecular formula is C17H20O2. The number of ketones is 1. The van der Waals surface area contributed by atoms with Crippen LogP contribution in [0.1, 0.15) is 49.3 Å². The van der Waals surface area contributed by atoms with E-state index in [1.165, 1.54) is 16.7 Å². The van der Waals surface area contributed by atoms with Gasteiger partial charge in [-0.3, -0.25) is 4.79 Å². The number of carbonyl (C=O) groups is 1. The zero-order chi connectivity index (χ0) is 13.6. The van der Waals surface area contributed by atoms with Crippen molar-refractivity contribution in [2.24, 2.45) is 5.41 Å². The van der Waals surface area contributed by atoms with Crippen LogP contribution in [0.25, 0.3) is 6.08 Å². The van der Waals surface area contributed by atoms with Crippen LogP contribution in [-0.2, 0) is 11.2 Å². The fourth-order valence-corrected chi connectivity index (χ4v) is 3.65. The Bertz CT molecular complexity index is 567. The van der Waals surface area contributed by atoms with E-state index < -0.39 is 0 Å². The van der Waals surface area contributed by atoms with Crippen molar-refractivity contribution in [3.8, 4) is 5.75 Å². The van der Waals surface area contributed by atoms with Gasteiger partial charge >= 0.3 is 0 Å². The maximum atomic E-state index is 12.4. The van der Waals surface area contributed by atoms with Gasteiger partial charge in [-0.2, -0.15) is 0 Å². The van der Waals surface area contributed by atoms with Gasteiger partial charge in [0, 0.05) is 0 Å². The zero-order valence-corrected chi connectivity index (χ0v) is 11.8. The molecule has 0 heterocycles. The van der Waals surface area contributed by atoms with Crippen molar-refractivity contribution in [2.45, 2.75) is 39.0 Å². The SMILES string of the molecule is COc1ccc2c3c1CCCC(C)(C)C3C(=O)C=C2. The third-order valence-corrected chi connectivity index (χ3v) is 4.60. The highest BCUT2D eigenvalue weighted by atomic mass is 16.5. The fourth-order valence-electron chi connectivity index (χ4n) is 3.65. The van der Waals surface area contributed by atoms with Gasteiger partial charge < -0.3 is 4.74 Å². The molecule has 2 aliphatic carbocycles. The second-order valence-electron chi connectivity index (χ2n) is 6.26. The Labute approximate surface area is 114 Å². The predicted molar refractivity (Wildman–Crippen MR) is 76.5 cm³/mol. The van der Waals surface area contributed by atoms with Gasteiger partial charge in [0.1, 0.15) is 5.75 Å². The number of hydrogen-bond donors (Lipinski definition) is 0. The lowest BCUT2D eigenvalue weighted by molar-refractivity contribution is -0.118. The van der Waals surface area contributed by atoms with Crippen molar-refractivity contribution in [1.29, 1.82) is 0 Å². The molecule has 0 saturated carbocycles. The molecule has 1 aromatic rings. The molecule has 2 heteroatoms. The van der Waals surface area contributed by atoms with Gasteiger partial charge in [0.05, 0.1) is 13.0 Å². The van der Waals surface area contributed by atoms with Crippen molar-refractivity contribution in [3.63, 3.8) is 0 Å². The number of ether oxygens (including phenoxy) is 1. The minimum Gasteiger partial charge on any atom is -0.496 e. The summed E-state index contributed by atoms with van der Waals surface area (Å²) in [6, 6.07) is 4.11. The molecule has 0 spiro atoms. The van der Waals surface area contributed by atoms with E-state index in [2.05, 4.69) is 19.9 Å². The summed E-state index contributed by atoms with van der Waals surface area (Å²) in [5.74, 6) is 1.17. The molecule has 100 valence electrons. The van der Waals surface area contributed by atoms with Crippen LogP contribution in [0.5, 0.6) is 5.75 Å². The summed E-state index contributed by atoms with van der Waals surface area (Å²) >= 11 is 0. The minimum absolute atomic E-state index is 0.0138. The first-order valence-electron chi connectivity index (χ1n) is 6.96. The maximum absolute atomic E-state index is 12.4. The van der Waals surface area contributed by atoms with Crippen LogP contribution in [0.4, 0.5) is 0 Å². The molecule has 1 atom stereocenters. The van der Waals surface area contributed by atoms with E-state index in [-0.39, 0.29) is 17.1 Å². The van der Waals surface area contributed by atoms with E-state index in [9.17, 15) is 4.79 Å². The molecule has 1 unspecified atom stereocenters. The van der Waals surface area contributed by atoms with Gasteiger partial charge in [0.15, 0.2) is 5.78 Å². The van der Waals surface area contributed by atoms with Crippen LogP contribution in [-0.4, -0.2) is 12.9 Å². The molecule has 19 heavy (non-hydrogen) atoms. The molecule has 3 rings (SSSR count). The summed E-state index contributed by atoms with van der Waals surface area (Å²) in [5, 5.41) is 0. The molecule has 2 aliphatic rings. The molecule has 0 amide bonds. The van der Waals surface area contributed by atoms with Crippen molar-refractivity contribution >= 4 is 11.9 Å². The first-order chi connectivity index (χ1) is 9.04. The lowest BCUT2D eigenvalue weighted by Gasteiger charge is -2.34. The summed E-state index contributed by atoms with van der Waals surface area (Å²) in [6.45, 7) is 4.43.